The Kier molecular flexibility index (Phi) is 6.20. The van der Waals surface area contributed by atoms with Crippen LogP contribution in [0, 0.1) is 5.92 Å². The molecule has 1 saturated heterocycles. The van der Waals surface area contributed by atoms with Crippen LogP contribution in [0.1, 0.15) is 19.3 Å². The summed E-state index contributed by atoms with van der Waals surface area (Å²) in [6.45, 7) is 1.32. The Hall–Kier alpha value is -1.54. The summed E-state index contributed by atoms with van der Waals surface area (Å²) in [4.78, 5) is 16.6. The first-order valence-corrected chi connectivity index (χ1v) is 12.6. The minimum Gasteiger partial charge on any atom is -0.311 e. The van der Waals surface area contributed by atoms with E-state index in [1.165, 1.54) is 16.4 Å². The number of amides is 1. The van der Waals surface area contributed by atoms with Crippen molar-refractivity contribution in [2.75, 3.05) is 30.3 Å². The SMILES string of the molecule is O=C(C1CCCN(S(=O)(=O)c2ccc(Cl)cc2)C1)N1CCCSc2ccccc21. The van der Waals surface area contributed by atoms with Crippen LogP contribution in [-0.4, -0.2) is 44.0 Å². The number of carbonyl (C=O) groups excluding carboxylic acids is 1. The molecule has 0 N–H and O–H groups in total. The highest BCUT2D eigenvalue weighted by molar-refractivity contribution is 7.99. The van der Waals surface area contributed by atoms with E-state index in [1.54, 1.807) is 23.9 Å². The number of para-hydroxylation sites is 1. The number of hydrogen-bond acceptors (Lipinski definition) is 4. The monoisotopic (exact) mass is 450 g/mol. The van der Waals surface area contributed by atoms with Crippen molar-refractivity contribution in [1.82, 2.24) is 4.31 Å². The number of fused-ring (bicyclic) bond motifs is 1. The minimum absolute atomic E-state index is 0.0240. The molecule has 0 spiro atoms. The van der Waals surface area contributed by atoms with E-state index in [-0.39, 0.29) is 23.3 Å². The van der Waals surface area contributed by atoms with Gasteiger partial charge in [-0.15, -0.1) is 11.8 Å². The molecule has 5 nitrogen and oxygen atoms in total. The topological polar surface area (TPSA) is 57.7 Å². The summed E-state index contributed by atoms with van der Waals surface area (Å²) in [7, 11) is -3.64. The van der Waals surface area contributed by atoms with Crippen LogP contribution in [0.5, 0.6) is 0 Å². The van der Waals surface area contributed by atoms with Crippen LogP contribution >= 0.6 is 23.4 Å². The Morgan fingerprint density at radius 1 is 1.03 bits per heavy atom. The largest absolute Gasteiger partial charge is 0.311 e. The Morgan fingerprint density at radius 2 is 1.79 bits per heavy atom. The maximum absolute atomic E-state index is 13.4. The van der Waals surface area contributed by atoms with E-state index < -0.39 is 10.0 Å². The third-order valence-electron chi connectivity index (χ3n) is 5.39. The second kappa shape index (κ2) is 8.68. The number of sulfonamides is 1. The van der Waals surface area contributed by atoms with Gasteiger partial charge in [0.2, 0.25) is 15.9 Å². The second-order valence-electron chi connectivity index (χ2n) is 7.32. The van der Waals surface area contributed by atoms with Gasteiger partial charge in [0.25, 0.3) is 0 Å². The van der Waals surface area contributed by atoms with Gasteiger partial charge < -0.3 is 4.90 Å². The van der Waals surface area contributed by atoms with Gasteiger partial charge in [0.15, 0.2) is 0 Å². The average molecular weight is 451 g/mol. The predicted octanol–water partition coefficient (Wildman–Crippen LogP) is 4.27. The quantitative estimate of drug-likeness (QED) is 0.700. The third-order valence-corrected chi connectivity index (χ3v) is 8.67. The summed E-state index contributed by atoms with van der Waals surface area (Å²) in [6, 6.07) is 14.2. The van der Waals surface area contributed by atoms with E-state index >= 15 is 0 Å². The van der Waals surface area contributed by atoms with Crippen LogP contribution in [0.2, 0.25) is 5.02 Å². The molecule has 1 amide bonds. The molecular weight excluding hydrogens is 428 g/mol. The highest BCUT2D eigenvalue weighted by Crippen LogP contribution is 2.35. The van der Waals surface area contributed by atoms with E-state index in [1.807, 2.05) is 29.2 Å². The molecule has 2 aromatic rings. The van der Waals surface area contributed by atoms with Crippen molar-refractivity contribution in [3.05, 3.63) is 53.6 Å². The molecule has 2 aromatic carbocycles. The van der Waals surface area contributed by atoms with Crippen LogP contribution in [0.15, 0.2) is 58.3 Å². The fourth-order valence-electron chi connectivity index (χ4n) is 3.89. The number of rotatable bonds is 3. The molecule has 0 bridgehead atoms. The minimum atomic E-state index is -3.64. The van der Waals surface area contributed by atoms with E-state index in [0.717, 1.165) is 22.8 Å². The van der Waals surface area contributed by atoms with Crippen molar-refractivity contribution in [3.8, 4) is 0 Å². The summed E-state index contributed by atoms with van der Waals surface area (Å²) in [5, 5.41) is 0.494. The number of benzene rings is 2. The average Bonchev–Trinajstić information content (AvgIpc) is 2.96. The van der Waals surface area contributed by atoms with Gasteiger partial charge in [-0.1, -0.05) is 23.7 Å². The zero-order valence-electron chi connectivity index (χ0n) is 16.0. The number of carbonyl (C=O) groups is 1. The van der Waals surface area contributed by atoms with Crippen molar-refractivity contribution < 1.29 is 13.2 Å². The van der Waals surface area contributed by atoms with Gasteiger partial charge in [0, 0.05) is 29.6 Å². The lowest BCUT2D eigenvalue weighted by Gasteiger charge is -2.34. The lowest BCUT2D eigenvalue weighted by Crippen LogP contribution is -2.47. The van der Waals surface area contributed by atoms with Gasteiger partial charge in [-0.3, -0.25) is 4.79 Å². The van der Waals surface area contributed by atoms with Crippen molar-refractivity contribution in [2.45, 2.75) is 29.1 Å². The third kappa shape index (κ3) is 4.33. The molecule has 0 aromatic heterocycles. The Balaban J connectivity index is 1.55. The molecule has 1 atom stereocenters. The standard InChI is InChI=1S/C21H23ClN2O3S2/c22-17-8-10-18(11-9-17)29(26,27)23-12-3-5-16(15-23)21(25)24-13-4-14-28-20-7-2-1-6-19(20)24/h1-2,6-11,16H,3-5,12-15H2. The molecule has 2 heterocycles. The first-order chi connectivity index (χ1) is 14.0. The molecule has 1 fully saturated rings. The van der Waals surface area contributed by atoms with E-state index in [9.17, 15) is 13.2 Å². The zero-order valence-corrected chi connectivity index (χ0v) is 18.3. The molecule has 2 aliphatic rings. The molecule has 154 valence electrons. The molecule has 0 aliphatic carbocycles. The van der Waals surface area contributed by atoms with Crippen LogP contribution in [0.3, 0.4) is 0 Å². The summed E-state index contributed by atoms with van der Waals surface area (Å²) in [5.41, 5.74) is 0.942. The number of thioether (sulfide) groups is 1. The molecule has 1 unspecified atom stereocenters. The zero-order chi connectivity index (χ0) is 20.4. The van der Waals surface area contributed by atoms with E-state index in [4.69, 9.17) is 11.6 Å². The summed E-state index contributed by atoms with van der Waals surface area (Å²) in [5.74, 6) is 0.667. The number of hydrogen-bond donors (Lipinski definition) is 0. The molecular formula is C21H23ClN2O3S2. The first-order valence-electron chi connectivity index (χ1n) is 9.76. The predicted molar refractivity (Wildman–Crippen MR) is 117 cm³/mol. The van der Waals surface area contributed by atoms with Gasteiger partial charge in [-0.05, 0) is 61.4 Å². The van der Waals surface area contributed by atoms with Crippen LogP contribution in [0.25, 0.3) is 0 Å². The van der Waals surface area contributed by atoms with Crippen LogP contribution < -0.4 is 4.90 Å². The van der Waals surface area contributed by atoms with Crippen molar-refractivity contribution in [1.29, 1.82) is 0 Å². The molecule has 0 saturated carbocycles. The number of halogens is 1. The van der Waals surface area contributed by atoms with Gasteiger partial charge in [-0.2, -0.15) is 4.31 Å². The highest BCUT2D eigenvalue weighted by Gasteiger charge is 2.36. The van der Waals surface area contributed by atoms with E-state index in [0.29, 0.717) is 31.0 Å². The van der Waals surface area contributed by atoms with Crippen molar-refractivity contribution in [3.63, 3.8) is 0 Å². The van der Waals surface area contributed by atoms with Crippen molar-refractivity contribution >= 4 is 45.0 Å². The summed E-state index contributed by atoms with van der Waals surface area (Å²) >= 11 is 7.66. The maximum Gasteiger partial charge on any atom is 0.243 e. The molecule has 2 aliphatic heterocycles. The fourth-order valence-corrected chi connectivity index (χ4v) is 6.54. The Bertz CT molecular complexity index is 995. The number of nitrogens with zero attached hydrogens (tertiary/aromatic N) is 2. The van der Waals surface area contributed by atoms with Gasteiger partial charge in [0.1, 0.15) is 0 Å². The maximum atomic E-state index is 13.4. The molecule has 0 radical (unpaired) electrons. The molecule has 29 heavy (non-hydrogen) atoms. The Labute approximate surface area is 181 Å². The summed E-state index contributed by atoms with van der Waals surface area (Å²) < 4.78 is 27.5. The normalized spacial score (nSPS) is 20.7. The summed E-state index contributed by atoms with van der Waals surface area (Å²) in [6.07, 6.45) is 2.30. The van der Waals surface area contributed by atoms with Crippen LogP contribution in [-0.2, 0) is 14.8 Å². The lowest BCUT2D eigenvalue weighted by molar-refractivity contribution is -0.123. The number of piperidine rings is 1. The van der Waals surface area contributed by atoms with Gasteiger partial charge in [-0.25, -0.2) is 8.42 Å². The smallest absolute Gasteiger partial charge is 0.243 e. The van der Waals surface area contributed by atoms with E-state index in [2.05, 4.69) is 0 Å². The van der Waals surface area contributed by atoms with Crippen LogP contribution in [0.4, 0.5) is 5.69 Å². The van der Waals surface area contributed by atoms with Gasteiger partial charge in [0.05, 0.1) is 16.5 Å². The molecule has 4 rings (SSSR count). The first kappa shape index (κ1) is 20.7. The second-order valence-corrected chi connectivity index (χ2v) is 10.8. The Morgan fingerprint density at radius 3 is 2.59 bits per heavy atom. The lowest BCUT2D eigenvalue weighted by atomic mass is 9.97. The fraction of sp³-hybridized carbons (Fsp3) is 0.381. The highest BCUT2D eigenvalue weighted by atomic mass is 35.5. The number of anilines is 1. The molecule has 8 heteroatoms. The van der Waals surface area contributed by atoms with Gasteiger partial charge >= 0.3 is 0 Å². The van der Waals surface area contributed by atoms with Crippen molar-refractivity contribution in [2.24, 2.45) is 5.92 Å².